The second-order valence-corrected chi connectivity index (χ2v) is 19.0. The van der Waals surface area contributed by atoms with Crippen LogP contribution < -0.4 is 0 Å². The number of hydrogen-bond donors (Lipinski definition) is 0. The summed E-state index contributed by atoms with van der Waals surface area (Å²) in [6.07, 6.45) is 4.11. The Labute approximate surface area is 160 Å². The maximum absolute atomic E-state index is 14.9. The zero-order valence-electron chi connectivity index (χ0n) is 15.9. The first kappa shape index (κ1) is 18.2. The van der Waals surface area contributed by atoms with E-state index in [4.69, 9.17) is 0 Å². The molecule has 2 bridgehead atoms. The average Bonchev–Trinajstić information content (AvgIpc) is 2.61. The zero-order chi connectivity index (χ0) is 18.0. The minimum absolute atomic E-state index is 0.0535. The van der Waals surface area contributed by atoms with Crippen LogP contribution in [0.4, 0.5) is 4.39 Å². The van der Waals surface area contributed by atoms with E-state index in [-0.39, 0.29) is 5.82 Å². The quantitative estimate of drug-likeness (QED) is 0.553. The summed E-state index contributed by atoms with van der Waals surface area (Å²) in [4.78, 5) is 2.67. The SMILES string of the molecule is C[C@H](c1ccc(-c2ccccc2)c(F)c1)[Ge]12[CH2]CCN(CC[CH2]1)CC[CH2]2. The van der Waals surface area contributed by atoms with E-state index in [0.29, 0.717) is 4.75 Å². The van der Waals surface area contributed by atoms with Gasteiger partial charge >= 0.3 is 160 Å². The van der Waals surface area contributed by atoms with Gasteiger partial charge in [0, 0.05) is 0 Å². The van der Waals surface area contributed by atoms with E-state index in [1.54, 1.807) is 0 Å². The first-order chi connectivity index (χ1) is 12.7. The third kappa shape index (κ3) is 3.63. The second-order valence-electron chi connectivity index (χ2n) is 8.34. The van der Waals surface area contributed by atoms with Crippen LogP contribution in [0.3, 0.4) is 0 Å². The standard InChI is InChI=1S/C23H30FGeN/c1-19(25-12-5-15-26(16-6-13-25)17-7-14-25)21-10-11-22(23(24)18-21)20-8-3-2-4-9-20/h2-4,8-11,18-19H,5-7,12-17H2,1H3/t19-/m1/s1. The predicted octanol–water partition coefficient (Wildman–Crippen LogP) is 6.08. The van der Waals surface area contributed by atoms with Crippen molar-refractivity contribution in [3.8, 4) is 11.1 Å². The third-order valence-corrected chi connectivity index (χ3v) is 20.0. The average molecular weight is 412 g/mol. The van der Waals surface area contributed by atoms with Crippen LogP contribution in [0.2, 0.25) is 15.8 Å². The molecule has 3 heteroatoms. The van der Waals surface area contributed by atoms with Gasteiger partial charge in [-0.3, -0.25) is 0 Å². The number of hydrogen-bond acceptors (Lipinski definition) is 1. The van der Waals surface area contributed by atoms with Gasteiger partial charge in [0.05, 0.1) is 0 Å². The molecule has 3 fully saturated rings. The van der Waals surface area contributed by atoms with Crippen LogP contribution in [0.1, 0.15) is 36.5 Å². The molecule has 3 aliphatic rings. The van der Waals surface area contributed by atoms with Crippen molar-refractivity contribution in [1.29, 1.82) is 0 Å². The van der Waals surface area contributed by atoms with Crippen LogP contribution in [-0.4, -0.2) is 37.8 Å². The molecular weight excluding hydrogens is 382 g/mol. The summed E-state index contributed by atoms with van der Waals surface area (Å²) in [5.41, 5.74) is 2.97. The molecule has 0 saturated carbocycles. The van der Waals surface area contributed by atoms with E-state index in [1.165, 1.54) is 60.2 Å². The fraction of sp³-hybridized carbons (Fsp3) is 0.478. The van der Waals surface area contributed by atoms with Crippen LogP contribution in [0.25, 0.3) is 11.1 Å². The zero-order valence-corrected chi connectivity index (χ0v) is 18.0. The Bertz CT molecular complexity index is 719. The number of halogens is 1. The molecule has 3 heterocycles. The Morgan fingerprint density at radius 3 is 2.08 bits per heavy atom. The third-order valence-electron chi connectivity index (χ3n) is 6.94. The molecule has 1 nitrogen and oxygen atoms in total. The molecule has 26 heavy (non-hydrogen) atoms. The maximum atomic E-state index is 14.9. The number of benzene rings is 2. The molecule has 1 atom stereocenters. The van der Waals surface area contributed by atoms with Crippen LogP contribution in [0.5, 0.6) is 0 Å². The summed E-state index contributed by atoms with van der Waals surface area (Å²) in [6, 6.07) is 16.0. The van der Waals surface area contributed by atoms with Gasteiger partial charge in [-0.05, 0) is 0 Å². The van der Waals surface area contributed by atoms with E-state index < -0.39 is 13.3 Å². The first-order valence-electron chi connectivity index (χ1n) is 10.3. The number of fused-ring (bicyclic) bond motifs is 6. The van der Waals surface area contributed by atoms with Gasteiger partial charge in [-0.2, -0.15) is 0 Å². The Morgan fingerprint density at radius 2 is 1.50 bits per heavy atom. The van der Waals surface area contributed by atoms with Crippen molar-refractivity contribution in [2.24, 2.45) is 0 Å². The second kappa shape index (κ2) is 7.86. The minimum atomic E-state index is -1.99. The van der Waals surface area contributed by atoms with Gasteiger partial charge in [-0.25, -0.2) is 0 Å². The molecule has 0 aliphatic carbocycles. The van der Waals surface area contributed by atoms with E-state index in [2.05, 4.69) is 17.9 Å². The monoisotopic (exact) mass is 413 g/mol. The number of rotatable bonds is 3. The molecule has 0 amide bonds. The van der Waals surface area contributed by atoms with Crippen molar-refractivity contribution in [3.63, 3.8) is 0 Å². The van der Waals surface area contributed by atoms with Gasteiger partial charge in [0.15, 0.2) is 0 Å². The molecular formula is C23H30FGeN. The van der Waals surface area contributed by atoms with Gasteiger partial charge in [-0.1, -0.05) is 0 Å². The van der Waals surface area contributed by atoms with E-state index in [1.807, 2.05) is 42.5 Å². The Morgan fingerprint density at radius 1 is 0.885 bits per heavy atom. The summed E-state index contributed by atoms with van der Waals surface area (Å²) in [5.74, 6) is -0.0535. The molecule has 3 saturated heterocycles. The molecule has 0 radical (unpaired) electrons. The summed E-state index contributed by atoms with van der Waals surface area (Å²) in [6.45, 7) is 6.31. The van der Waals surface area contributed by atoms with Crippen molar-refractivity contribution < 1.29 is 4.39 Å². The molecule has 2 aromatic rings. The van der Waals surface area contributed by atoms with Crippen molar-refractivity contribution >= 4 is 13.3 Å². The summed E-state index contributed by atoms with van der Waals surface area (Å²) >= 11 is -1.99. The van der Waals surface area contributed by atoms with Crippen LogP contribution in [-0.2, 0) is 0 Å². The van der Waals surface area contributed by atoms with Crippen LogP contribution in [0, 0.1) is 5.82 Å². The van der Waals surface area contributed by atoms with Gasteiger partial charge < -0.3 is 0 Å². The number of nitrogens with zero attached hydrogens (tertiary/aromatic N) is 1. The molecule has 5 rings (SSSR count). The molecule has 0 spiro atoms. The summed E-state index contributed by atoms with van der Waals surface area (Å²) in [5, 5.41) is 4.42. The van der Waals surface area contributed by atoms with E-state index in [9.17, 15) is 4.39 Å². The Hall–Kier alpha value is -1.13. The van der Waals surface area contributed by atoms with Gasteiger partial charge in [0.25, 0.3) is 0 Å². The van der Waals surface area contributed by atoms with Crippen molar-refractivity contribution in [2.45, 2.75) is 46.7 Å². The molecule has 0 aromatic heterocycles. The van der Waals surface area contributed by atoms with Gasteiger partial charge in [-0.15, -0.1) is 0 Å². The normalized spacial score (nSPS) is 27.4. The summed E-state index contributed by atoms with van der Waals surface area (Å²) in [7, 11) is 0. The fourth-order valence-electron chi connectivity index (χ4n) is 5.33. The molecule has 2 aromatic carbocycles. The van der Waals surface area contributed by atoms with Gasteiger partial charge in [0.1, 0.15) is 0 Å². The van der Waals surface area contributed by atoms with Crippen molar-refractivity contribution in [2.75, 3.05) is 19.6 Å². The molecule has 3 aliphatic heterocycles. The molecule has 0 unspecified atom stereocenters. The molecule has 138 valence electrons. The van der Waals surface area contributed by atoms with Crippen LogP contribution >= 0.6 is 0 Å². The van der Waals surface area contributed by atoms with Crippen LogP contribution in [0.15, 0.2) is 48.5 Å². The Kier molecular flexibility index (Phi) is 5.51. The fourth-order valence-corrected chi connectivity index (χ4v) is 16.9. The molecule has 0 N–H and O–H groups in total. The Balaban J connectivity index is 1.62. The summed E-state index contributed by atoms with van der Waals surface area (Å²) < 4.78 is 15.6. The van der Waals surface area contributed by atoms with Crippen molar-refractivity contribution in [3.05, 3.63) is 59.9 Å². The first-order valence-corrected chi connectivity index (χ1v) is 15.9. The predicted molar refractivity (Wildman–Crippen MR) is 111 cm³/mol. The van der Waals surface area contributed by atoms with E-state index >= 15 is 0 Å². The topological polar surface area (TPSA) is 3.24 Å². The van der Waals surface area contributed by atoms with Crippen molar-refractivity contribution in [1.82, 2.24) is 4.90 Å². The van der Waals surface area contributed by atoms with Gasteiger partial charge in [0.2, 0.25) is 0 Å². The van der Waals surface area contributed by atoms with E-state index in [0.717, 1.165) is 11.1 Å².